The normalized spacial score (nSPS) is 21.0. The fraction of sp³-hybridized carbons (Fsp3) is 0.368. The van der Waals surface area contributed by atoms with Crippen molar-refractivity contribution in [2.75, 3.05) is 13.1 Å². The molecule has 1 fully saturated rings. The molecule has 6 heteroatoms. The zero-order chi connectivity index (χ0) is 17.8. The summed E-state index contributed by atoms with van der Waals surface area (Å²) in [7, 11) is 1.84. The number of carbonyl (C=O) groups excluding carboxylic acids is 1. The maximum atomic E-state index is 12.5. The third-order valence-corrected chi connectivity index (χ3v) is 4.92. The van der Waals surface area contributed by atoms with Crippen molar-refractivity contribution in [2.24, 2.45) is 13.0 Å². The number of halogens is 1. The van der Waals surface area contributed by atoms with Crippen LogP contribution in [-0.2, 0) is 18.3 Å². The highest BCUT2D eigenvalue weighted by Gasteiger charge is 2.29. The molecule has 25 heavy (non-hydrogen) atoms. The van der Waals surface area contributed by atoms with Gasteiger partial charge in [0.2, 0.25) is 5.91 Å². The van der Waals surface area contributed by atoms with Gasteiger partial charge in [0.05, 0.1) is 11.8 Å². The lowest BCUT2D eigenvalue weighted by molar-refractivity contribution is -0.129. The van der Waals surface area contributed by atoms with Crippen LogP contribution in [0, 0.1) is 5.92 Å². The molecule has 1 aliphatic rings. The second-order valence-electron chi connectivity index (χ2n) is 6.44. The number of hydrogen-bond acceptors (Lipinski definition) is 3. The minimum Gasteiger partial charge on any atom is -0.393 e. The second kappa shape index (κ2) is 7.85. The predicted molar refractivity (Wildman–Crippen MR) is 98.1 cm³/mol. The fourth-order valence-electron chi connectivity index (χ4n) is 3.15. The highest BCUT2D eigenvalue weighted by molar-refractivity contribution is 6.30. The molecule has 1 saturated heterocycles. The lowest BCUT2D eigenvalue weighted by Crippen LogP contribution is -2.46. The third-order valence-electron chi connectivity index (χ3n) is 4.67. The molecule has 0 spiro atoms. The van der Waals surface area contributed by atoms with Crippen LogP contribution in [0.5, 0.6) is 0 Å². The van der Waals surface area contributed by atoms with E-state index >= 15 is 0 Å². The lowest BCUT2D eigenvalue weighted by Gasteiger charge is -2.36. The van der Waals surface area contributed by atoms with Crippen LogP contribution in [0.2, 0.25) is 5.02 Å². The summed E-state index contributed by atoms with van der Waals surface area (Å²) in [6.07, 6.45) is 5.99. The molecular formula is C19H22ClN3O2. The topological polar surface area (TPSA) is 58.4 Å². The number of hydrogen-bond donors (Lipinski definition) is 1. The van der Waals surface area contributed by atoms with E-state index in [4.69, 9.17) is 11.6 Å². The minimum atomic E-state index is -0.388. The number of benzene rings is 1. The van der Waals surface area contributed by atoms with E-state index in [2.05, 4.69) is 5.10 Å². The summed E-state index contributed by atoms with van der Waals surface area (Å²) < 4.78 is 1.72. The van der Waals surface area contributed by atoms with Gasteiger partial charge in [-0.25, -0.2) is 0 Å². The van der Waals surface area contributed by atoms with Crippen molar-refractivity contribution in [3.05, 3.63) is 58.9 Å². The molecule has 0 saturated carbocycles. The van der Waals surface area contributed by atoms with E-state index in [1.54, 1.807) is 27.9 Å². The fourth-order valence-corrected chi connectivity index (χ4v) is 3.28. The first-order chi connectivity index (χ1) is 12.0. The second-order valence-corrected chi connectivity index (χ2v) is 6.88. The molecule has 1 aromatic heterocycles. The maximum absolute atomic E-state index is 12.5. The Morgan fingerprint density at radius 1 is 1.36 bits per heavy atom. The molecule has 0 radical (unpaired) electrons. The molecule has 2 aromatic rings. The number of rotatable bonds is 4. The molecule has 1 aromatic carbocycles. The zero-order valence-corrected chi connectivity index (χ0v) is 14.9. The molecule has 0 bridgehead atoms. The molecule has 1 amide bonds. The maximum Gasteiger partial charge on any atom is 0.246 e. The van der Waals surface area contributed by atoms with Crippen LogP contribution in [0.3, 0.4) is 0 Å². The summed E-state index contributed by atoms with van der Waals surface area (Å²) >= 11 is 5.92. The summed E-state index contributed by atoms with van der Waals surface area (Å²) in [4.78, 5) is 14.3. The Bertz CT molecular complexity index is 754. The number of nitrogens with zero attached hydrogens (tertiary/aromatic N) is 3. The average molecular weight is 360 g/mol. The Labute approximate surface area is 152 Å². The van der Waals surface area contributed by atoms with Crippen molar-refractivity contribution in [1.82, 2.24) is 14.7 Å². The highest BCUT2D eigenvalue weighted by Crippen LogP contribution is 2.23. The van der Waals surface area contributed by atoms with Crippen molar-refractivity contribution in [2.45, 2.75) is 18.9 Å². The van der Waals surface area contributed by atoms with Crippen molar-refractivity contribution in [1.29, 1.82) is 0 Å². The quantitative estimate of drug-likeness (QED) is 0.853. The van der Waals surface area contributed by atoms with E-state index in [1.807, 2.05) is 37.4 Å². The van der Waals surface area contributed by atoms with Crippen molar-refractivity contribution < 1.29 is 9.90 Å². The first-order valence-electron chi connectivity index (χ1n) is 8.40. The molecule has 0 aliphatic carbocycles. The van der Waals surface area contributed by atoms with Gasteiger partial charge in [-0.15, -0.1) is 0 Å². The van der Waals surface area contributed by atoms with E-state index in [-0.39, 0.29) is 17.9 Å². The summed E-state index contributed by atoms with van der Waals surface area (Å²) in [5.74, 6) is -0.00168. The van der Waals surface area contributed by atoms with E-state index in [9.17, 15) is 9.90 Å². The molecule has 132 valence electrons. The number of carbonyl (C=O) groups is 1. The summed E-state index contributed by atoms with van der Waals surface area (Å²) in [5, 5.41) is 15.1. The molecule has 1 N–H and O–H groups in total. The SMILES string of the molecule is Cn1nccc1/C=C/C(=O)N1CC[C@H](O)[C@H](Cc2ccc(Cl)cc2)C1. The monoisotopic (exact) mass is 359 g/mol. The van der Waals surface area contributed by atoms with Gasteiger partial charge in [-0.1, -0.05) is 23.7 Å². The number of piperidine rings is 1. The first kappa shape index (κ1) is 17.7. The number of amides is 1. The Morgan fingerprint density at radius 2 is 2.12 bits per heavy atom. The van der Waals surface area contributed by atoms with E-state index in [0.29, 0.717) is 24.5 Å². The Balaban J connectivity index is 1.63. The van der Waals surface area contributed by atoms with Crippen LogP contribution in [0.4, 0.5) is 0 Å². The van der Waals surface area contributed by atoms with Crippen LogP contribution in [0.1, 0.15) is 17.7 Å². The van der Waals surface area contributed by atoms with E-state index < -0.39 is 0 Å². The van der Waals surface area contributed by atoms with Gasteiger partial charge in [0, 0.05) is 43.4 Å². The van der Waals surface area contributed by atoms with Crippen LogP contribution >= 0.6 is 11.6 Å². The van der Waals surface area contributed by atoms with E-state index in [1.165, 1.54) is 0 Å². The number of aromatic nitrogens is 2. The van der Waals surface area contributed by atoms with Gasteiger partial charge in [-0.2, -0.15) is 5.10 Å². The number of aryl methyl sites for hydroxylation is 1. The average Bonchev–Trinajstić information content (AvgIpc) is 3.01. The lowest BCUT2D eigenvalue weighted by atomic mass is 9.88. The smallest absolute Gasteiger partial charge is 0.246 e. The molecule has 1 aliphatic heterocycles. The van der Waals surface area contributed by atoms with Gasteiger partial charge in [-0.3, -0.25) is 9.48 Å². The number of aliphatic hydroxyl groups is 1. The van der Waals surface area contributed by atoms with E-state index in [0.717, 1.165) is 17.7 Å². The van der Waals surface area contributed by atoms with Gasteiger partial charge in [0.25, 0.3) is 0 Å². The van der Waals surface area contributed by atoms with Gasteiger partial charge in [0.15, 0.2) is 0 Å². The third kappa shape index (κ3) is 4.50. The summed E-state index contributed by atoms with van der Waals surface area (Å²) in [6, 6.07) is 9.50. The van der Waals surface area contributed by atoms with Crippen molar-refractivity contribution in [3.8, 4) is 0 Å². The Kier molecular flexibility index (Phi) is 5.56. The molecule has 3 rings (SSSR count). The van der Waals surface area contributed by atoms with Crippen LogP contribution in [0.15, 0.2) is 42.6 Å². The minimum absolute atomic E-state index is 0.0315. The first-order valence-corrected chi connectivity index (χ1v) is 8.78. The van der Waals surface area contributed by atoms with Crippen LogP contribution in [-0.4, -0.2) is 44.9 Å². The van der Waals surface area contributed by atoms with Crippen molar-refractivity contribution in [3.63, 3.8) is 0 Å². The highest BCUT2D eigenvalue weighted by atomic mass is 35.5. The van der Waals surface area contributed by atoms with Crippen molar-refractivity contribution >= 4 is 23.6 Å². The Morgan fingerprint density at radius 3 is 2.80 bits per heavy atom. The predicted octanol–water partition coefficient (Wildman–Crippen LogP) is 2.54. The largest absolute Gasteiger partial charge is 0.393 e. The zero-order valence-electron chi connectivity index (χ0n) is 14.2. The molecule has 5 nitrogen and oxygen atoms in total. The summed E-state index contributed by atoms with van der Waals surface area (Å²) in [5.41, 5.74) is 2.00. The standard InChI is InChI=1S/C19H22ClN3O2/c1-22-17(8-10-21-22)6-7-19(25)23-11-9-18(24)15(13-23)12-14-2-4-16(20)5-3-14/h2-8,10,15,18,24H,9,11-13H2,1H3/b7-6+/t15-,18+/m1/s1. The van der Waals surface area contributed by atoms with Crippen LogP contribution in [0.25, 0.3) is 6.08 Å². The number of likely N-dealkylation sites (tertiary alicyclic amines) is 1. The van der Waals surface area contributed by atoms with Gasteiger partial charge in [-0.05, 0) is 42.7 Å². The summed E-state index contributed by atoms with van der Waals surface area (Å²) in [6.45, 7) is 1.13. The molecule has 2 atom stereocenters. The van der Waals surface area contributed by atoms with Crippen LogP contribution < -0.4 is 0 Å². The Hall–Kier alpha value is -2.11. The molecule has 0 unspecified atom stereocenters. The molecule has 2 heterocycles. The molecular weight excluding hydrogens is 338 g/mol. The number of aliphatic hydroxyl groups excluding tert-OH is 1. The van der Waals surface area contributed by atoms with Gasteiger partial charge < -0.3 is 10.0 Å². The van der Waals surface area contributed by atoms with Gasteiger partial charge >= 0.3 is 0 Å². The van der Waals surface area contributed by atoms with Gasteiger partial charge in [0.1, 0.15) is 0 Å².